The lowest BCUT2D eigenvalue weighted by molar-refractivity contribution is -0.116. The van der Waals surface area contributed by atoms with E-state index in [0.717, 1.165) is 10.6 Å². The number of ether oxygens (including phenoxy) is 1. The van der Waals surface area contributed by atoms with Crippen LogP contribution in [0, 0.1) is 5.82 Å². The molecule has 0 unspecified atom stereocenters. The van der Waals surface area contributed by atoms with Crippen LogP contribution >= 0.6 is 11.6 Å². The van der Waals surface area contributed by atoms with Crippen LogP contribution in [0.25, 0.3) is 0 Å². The van der Waals surface area contributed by atoms with Gasteiger partial charge in [0.1, 0.15) is 11.6 Å². The van der Waals surface area contributed by atoms with Crippen molar-refractivity contribution in [2.24, 2.45) is 0 Å². The third-order valence-corrected chi connectivity index (χ3v) is 5.14. The van der Waals surface area contributed by atoms with Crippen LogP contribution < -0.4 is 14.4 Å². The molecular weight excluding hydrogens is 395 g/mol. The summed E-state index contributed by atoms with van der Waals surface area (Å²) in [4.78, 5) is 12.2. The number of carbonyl (C=O) groups excluding carboxylic acids is 1. The van der Waals surface area contributed by atoms with E-state index in [1.165, 1.54) is 31.4 Å². The number of nitrogens with one attached hydrogen (secondary N) is 1. The highest BCUT2D eigenvalue weighted by Crippen LogP contribution is 2.28. The number of sulfonamides is 1. The number of hydrogen-bond acceptors (Lipinski definition) is 4. The van der Waals surface area contributed by atoms with Gasteiger partial charge in [-0.15, -0.1) is 0 Å². The average molecular weight is 415 g/mol. The van der Waals surface area contributed by atoms with Crippen molar-refractivity contribution in [2.75, 3.05) is 29.5 Å². The molecule has 1 N–H and O–H groups in total. The summed E-state index contributed by atoms with van der Waals surface area (Å²) in [6.45, 7) is 0.0879. The SMILES string of the molecule is COc1ccc(Cl)cc1NC(=O)CCCN(c1ccc(F)cc1)S(C)(=O)=O. The van der Waals surface area contributed by atoms with Gasteiger partial charge in [-0.2, -0.15) is 0 Å². The van der Waals surface area contributed by atoms with Crippen LogP contribution in [0.4, 0.5) is 15.8 Å². The standard InChI is InChI=1S/C18H20ClFN2O4S/c1-26-17-10-5-13(19)12-16(17)21-18(23)4-3-11-22(27(2,24)25)15-8-6-14(20)7-9-15/h5-10,12H,3-4,11H2,1-2H3,(H,21,23). The molecule has 0 heterocycles. The highest BCUT2D eigenvalue weighted by atomic mass is 35.5. The first kappa shape index (κ1) is 21.0. The Morgan fingerprint density at radius 1 is 1.22 bits per heavy atom. The maximum atomic E-state index is 13.1. The fraction of sp³-hybridized carbons (Fsp3) is 0.278. The summed E-state index contributed by atoms with van der Waals surface area (Å²) in [6, 6.07) is 9.98. The Morgan fingerprint density at radius 2 is 1.89 bits per heavy atom. The fourth-order valence-corrected chi connectivity index (χ4v) is 3.61. The Hall–Kier alpha value is -2.32. The molecule has 1 amide bonds. The molecule has 0 radical (unpaired) electrons. The lowest BCUT2D eigenvalue weighted by Gasteiger charge is -2.22. The van der Waals surface area contributed by atoms with E-state index in [4.69, 9.17) is 16.3 Å². The zero-order valence-corrected chi connectivity index (χ0v) is 16.5. The number of anilines is 2. The molecule has 2 aromatic carbocycles. The molecule has 2 aromatic rings. The highest BCUT2D eigenvalue weighted by Gasteiger charge is 2.18. The molecule has 9 heteroatoms. The molecule has 0 atom stereocenters. The Labute approximate surface area is 162 Å². The third kappa shape index (κ3) is 6.11. The number of rotatable bonds is 8. The molecule has 0 saturated heterocycles. The molecule has 27 heavy (non-hydrogen) atoms. The van der Waals surface area contributed by atoms with E-state index in [0.29, 0.717) is 22.1 Å². The first-order valence-corrected chi connectivity index (χ1v) is 10.3. The van der Waals surface area contributed by atoms with Gasteiger partial charge in [0.15, 0.2) is 0 Å². The smallest absolute Gasteiger partial charge is 0.232 e. The quantitative estimate of drug-likeness (QED) is 0.715. The summed E-state index contributed by atoms with van der Waals surface area (Å²) < 4.78 is 43.4. The molecule has 6 nitrogen and oxygen atoms in total. The van der Waals surface area contributed by atoms with Crippen LogP contribution in [0.1, 0.15) is 12.8 Å². The van der Waals surface area contributed by atoms with Gasteiger partial charge in [-0.3, -0.25) is 9.10 Å². The van der Waals surface area contributed by atoms with E-state index in [2.05, 4.69) is 5.32 Å². The molecule has 2 rings (SSSR count). The Bertz CT molecular complexity index is 904. The van der Waals surface area contributed by atoms with Crippen molar-refractivity contribution in [2.45, 2.75) is 12.8 Å². The van der Waals surface area contributed by atoms with E-state index >= 15 is 0 Å². The fourth-order valence-electron chi connectivity index (χ4n) is 2.47. The van der Waals surface area contributed by atoms with E-state index in [1.807, 2.05) is 0 Å². The Kier molecular flexibility index (Phi) is 7.04. The molecule has 0 aliphatic carbocycles. The van der Waals surface area contributed by atoms with Crippen LogP contribution in [0.5, 0.6) is 5.75 Å². The van der Waals surface area contributed by atoms with Crippen molar-refractivity contribution < 1.29 is 22.3 Å². The van der Waals surface area contributed by atoms with Gasteiger partial charge < -0.3 is 10.1 Å². The second-order valence-corrected chi connectivity index (χ2v) is 8.15. The number of benzene rings is 2. The van der Waals surface area contributed by atoms with Gasteiger partial charge in [0.25, 0.3) is 0 Å². The highest BCUT2D eigenvalue weighted by molar-refractivity contribution is 7.92. The largest absolute Gasteiger partial charge is 0.495 e. The maximum absolute atomic E-state index is 13.1. The van der Waals surface area contributed by atoms with E-state index in [-0.39, 0.29) is 25.3 Å². The number of halogens is 2. The third-order valence-electron chi connectivity index (χ3n) is 3.72. The Morgan fingerprint density at radius 3 is 2.48 bits per heavy atom. The molecule has 0 spiro atoms. The minimum absolute atomic E-state index is 0.0862. The van der Waals surface area contributed by atoms with Crippen molar-refractivity contribution in [1.82, 2.24) is 0 Å². The summed E-state index contributed by atoms with van der Waals surface area (Å²) in [5.74, 6) is -0.290. The molecular formula is C18H20ClFN2O4S. The topological polar surface area (TPSA) is 75.7 Å². The van der Waals surface area contributed by atoms with Crippen LogP contribution in [0.2, 0.25) is 5.02 Å². The van der Waals surface area contributed by atoms with Crippen molar-refractivity contribution in [1.29, 1.82) is 0 Å². The summed E-state index contributed by atoms with van der Waals surface area (Å²) in [5, 5.41) is 3.15. The maximum Gasteiger partial charge on any atom is 0.232 e. The van der Waals surface area contributed by atoms with Gasteiger partial charge in [0, 0.05) is 18.0 Å². The summed E-state index contributed by atoms with van der Waals surface area (Å²) in [6.07, 6.45) is 1.43. The molecule has 0 aliphatic heterocycles. The normalized spacial score (nSPS) is 11.1. The molecule has 0 bridgehead atoms. The number of hydrogen-bond donors (Lipinski definition) is 1. The second-order valence-electron chi connectivity index (χ2n) is 5.81. The van der Waals surface area contributed by atoms with Gasteiger partial charge in [0.05, 0.1) is 24.7 Å². The lowest BCUT2D eigenvalue weighted by Crippen LogP contribution is -2.31. The van der Waals surface area contributed by atoms with Gasteiger partial charge >= 0.3 is 0 Å². The Balaban J connectivity index is 1.99. The predicted octanol–water partition coefficient (Wildman–Crippen LogP) is 3.67. The molecule has 0 aliphatic rings. The molecule has 0 saturated carbocycles. The van der Waals surface area contributed by atoms with Crippen LogP contribution in [-0.4, -0.2) is 34.2 Å². The molecule has 0 aromatic heterocycles. The van der Waals surface area contributed by atoms with Crippen LogP contribution in [-0.2, 0) is 14.8 Å². The predicted molar refractivity (Wildman–Crippen MR) is 104 cm³/mol. The van der Waals surface area contributed by atoms with Gasteiger partial charge in [0.2, 0.25) is 15.9 Å². The number of carbonyl (C=O) groups is 1. The number of methoxy groups -OCH3 is 1. The summed E-state index contributed by atoms with van der Waals surface area (Å²) in [7, 11) is -2.08. The van der Waals surface area contributed by atoms with Crippen molar-refractivity contribution in [3.05, 3.63) is 53.3 Å². The van der Waals surface area contributed by atoms with Crippen molar-refractivity contribution in [3.63, 3.8) is 0 Å². The second kappa shape index (κ2) is 9.05. The zero-order chi connectivity index (χ0) is 20.0. The lowest BCUT2D eigenvalue weighted by atomic mass is 10.2. The van der Waals surface area contributed by atoms with Crippen molar-refractivity contribution >= 4 is 38.9 Å². The number of amides is 1. The van der Waals surface area contributed by atoms with Gasteiger partial charge in [-0.25, -0.2) is 12.8 Å². The van der Waals surface area contributed by atoms with Crippen LogP contribution in [0.3, 0.4) is 0 Å². The van der Waals surface area contributed by atoms with Crippen LogP contribution in [0.15, 0.2) is 42.5 Å². The minimum atomic E-state index is -3.56. The summed E-state index contributed by atoms with van der Waals surface area (Å²) >= 11 is 5.93. The van der Waals surface area contributed by atoms with Crippen molar-refractivity contribution in [3.8, 4) is 5.75 Å². The average Bonchev–Trinajstić information content (AvgIpc) is 2.59. The van der Waals surface area contributed by atoms with Gasteiger partial charge in [-0.1, -0.05) is 11.6 Å². The molecule has 146 valence electrons. The summed E-state index contributed by atoms with van der Waals surface area (Å²) in [5.41, 5.74) is 0.782. The monoisotopic (exact) mass is 414 g/mol. The van der Waals surface area contributed by atoms with E-state index in [9.17, 15) is 17.6 Å². The van der Waals surface area contributed by atoms with E-state index < -0.39 is 15.8 Å². The van der Waals surface area contributed by atoms with Gasteiger partial charge in [-0.05, 0) is 48.9 Å². The zero-order valence-electron chi connectivity index (χ0n) is 14.9. The minimum Gasteiger partial charge on any atom is -0.495 e. The first-order valence-electron chi connectivity index (χ1n) is 8.07. The molecule has 0 fully saturated rings. The first-order chi connectivity index (χ1) is 12.7. The van der Waals surface area contributed by atoms with E-state index in [1.54, 1.807) is 18.2 Å². The number of nitrogens with zero attached hydrogens (tertiary/aromatic N) is 1.